The van der Waals surface area contributed by atoms with Crippen LogP contribution in [0.5, 0.6) is 17.2 Å². The number of carbonyl (C=O) groups excluding carboxylic acids is 3. The van der Waals surface area contributed by atoms with Gasteiger partial charge in [0.25, 0.3) is 11.8 Å². The third-order valence-electron chi connectivity index (χ3n) is 8.70. The van der Waals surface area contributed by atoms with Gasteiger partial charge >= 0.3 is 0 Å². The topological polar surface area (TPSA) is 135 Å². The standard InChI is InChI=1S/C35H43N5O6/c1-44-28-12-4-23(5-13-28)20-33(41)38-29-21-24(34(42)37-27-10-8-26(36)9-11-27)6-14-30(29)39-16-18-40(19-17-39)35(43)25-7-15-31(45-2)32(22-25)46-3/h4-7,12-15,21-22,26-27H,8-11,16-20,36H2,1-3H3,(H,37,42)(H,38,41). The number of amides is 3. The fourth-order valence-corrected chi connectivity index (χ4v) is 6.01. The molecule has 0 spiro atoms. The van der Waals surface area contributed by atoms with Crippen LogP contribution in [0.3, 0.4) is 0 Å². The van der Waals surface area contributed by atoms with E-state index in [0.29, 0.717) is 60.2 Å². The minimum Gasteiger partial charge on any atom is -0.497 e. The van der Waals surface area contributed by atoms with Crippen molar-refractivity contribution in [3.63, 3.8) is 0 Å². The van der Waals surface area contributed by atoms with Gasteiger partial charge in [0.1, 0.15) is 5.75 Å². The summed E-state index contributed by atoms with van der Waals surface area (Å²) in [5.74, 6) is 1.30. The number of nitrogens with zero attached hydrogens (tertiary/aromatic N) is 2. The Labute approximate surface area is 270 Å². The molecule has 2 aliphatic rings. The number of hydrogen-bond acceptors (Lipinski definition) is 8. The van der Waals surface area contributed by atoms with Crippen LogP contribution in [0.1, 0.15) is 52.0 Å². The predicted octanol–water partition coefficient (Wildman–Crippen LogP) is 3.86. The van der Waals surface area contributed by atoms with E-state index in [1.165, 1.54) is 0 Å². The second-order valence-electron chi connectivity index (χ2n) is 11.7. The first-order valence-electron chi connectivity index (χ1n) is 15.7. The quantitative estimate of drug-likeness (QED) is 0.308. The minimum atomic E-state index is -0.201. The van der Waals surface area contributed by atoms with Crippen molar-refractivity contribution in [3.05, 3.63) is 77.4 Å². The molecule has 11 nitrogen and oxygen atoms in total. The number of ether oxygens (including phenoxy) is 3. The molecule has 0 bridgehead atoms. The smallest absolute Gasteiger partial charge is 0.254 e. The molecule has 244 valence electrons. The molecule has 1 aliphatic heterocycles. The fraction of sp³-hybridized carbons (Fsp3) is 0.400. The molecular weight excluding hydrogens is 586 g/mol. The Morgan fingerprint density at radius 1 is 0.783 bits per heavy atom. The van der Waals surface area contributed by atoms with Crippen LogP contribution in [0.4, 0.5) is 11.4 Å². The molecule has 3 aromatic rings. The lowest BCUT2D eigenvalue weighted by atomic mass is 9.91. The second kappa shape index (κ2) is 15.0. The van der Waals surface area contributed by atoms with Gasteiger partial charge in [0.05, 0.1) is 39.1 Å². The molecule has 2 fully saturated rings. The molecule has 0 aromatic heterocycles. The summed E-state index contributed by atoms with van der Waals surface area (Å²) in [6.07, 6.45) is 3.63. The van der Waals surface area contributed by atoms with Crippen molar-refractivity contribution in [1.29, 1.82) is 0 Å². The van der Waals surface area contributed by atoms with E-state index in [0.717, 1.165) is 36.9 Å². The number of methoxy groups -OCH3 is 3. The molecule has 3 amide bonds. The number of nitrogens with two attached hydrogens (primary N) is 1. The molecule has 0 atom stereocenters. The fourth-order valence-electron chi connectivity index (χ4n) is 6.01. The van der Waals surface area contributed by atoms with Crippen molar-refractivity contribution in [3.8, 4) is 17.2 Å². The maximum absolute atomic E-state index is 13.3. The van der Waals surface area contributed by atoms with Crippen LogP contribution in [0, 0.1) is 0 Å². The van der Waals surface area contributed by atoms with Crippen LogP contribution >= 0.6 is 0 Å². The average molecular weight is 630 g/mol. The van der Waals surface area contributed by atoms with E-state index in [1.807, 2.05) is 30.3 Å². The van der Waals surface area contributed by atoms with Gasteiger partial charge in [-0.3, -0.25) is 14.4 Å². The molecule has 0 radical (unpaired) electrons. The normalized spacial score (nSPS) is 18.0. The van der Waals surface area contributed by atoms with Gasteiger partial charge in [0.2, 0.25) is 5.91 Å². The maximum atomic E-state index is 13.3. The molecule has 1 saturated carbocycles. The van der Waals surface area contributed by atoms with Crippen LogP contribution in [0.25, 0.3) is 0 Å². The van der Waals surface area contributed by atoms with Crippen molar-refractivity contribution < 1.29 is 28.6 Å². The highest BCUT2D eigenvalue weighted by Gasteiger charge is 2.26. The number of hydrogen-bond donors (Lipinski definition) is 3. The van der Waals surface area contributed by atoms with Gasteiger partial charge in [-0.15, -0.1) is 0 Å². The van der Waals surface area contributed by atoms with Crippen LogP contribution in [0.15, 0.2) is 60.7 Å². The zero-order valence-electron chi connectivity index (χ0n) is 26.7. The summed E-state index contributed by atoms with van der Waals surface area (Å²) in [6.45, 7) is 2.07. The summed E-state index contributed by atoms with van der Waals surface area (Å²) in [5, 5.41) is 6.20. The van der Waals surface area contributed by atoms with Gasteiger partial charge in [0.15, 0.2) is 11.5 Å². The highest BCUT2D eigenvalue weighted by atomic mass is 16.5. The molecule has 1 aliphatic carbocycles. The van der Waals surface area contributed by atoms with Crippen molar-refractivity contribution >= 4 is 29.1 Å². The summed E-state index contributed by atoms with van der Waals surface area (Å²) in [4.78, 5) is 43.8. The second-order valence-corrected chi connectivity index (χ2v) is 11.7. The van der Waals surface area contributed by atoms with E-state index in [4.69, 9.17) is 19.9 Å². The predicted molar refractivity (Wildman–Crippen MR) is 177 cm³/mol. The summed E-state index contributed by atoms with van der Waals surface area (Å²) >= 11 is 0. The van der Waals surface area contributed by atoms with Crippen LogP contribution in [-0.2, 0) is 11.2 Å². The molecule has 1 heterocycles. The molecule has 1 saturated heterocycles. The summed E-state index contributed by atoms with van der Waals surface area (Å²) in [6, 6.07) is 18.2. The number of nitrogens with one attached hydrogen (secondary N) is 2. The first-order chi connectivity index (χ1) is 22.3. The Morgan fingerprint density at radius 2 is 1.46 bits per heavy atom. The number of piperazine rings is 1. The zero-order valence-corrected chi connectivity index (χ0v) is 26.7. The molecule has 4 N–H and O–H groups in total. The van der Waals surface area contributed by atoms with E-state index < -0.39 is 0 Å². The van der Waals surface area contributed by atoms with E-state index >= 15 is 0 Å². The SMILES string of the molecule is COc1ccc(CC(=O)Nc2cc(C(=O)NC3CCC(N)CC3)ccc2N2CCN(C(=O)c3ccc(OC)c(OC)c3)CC2)cc1. The third kappa shape index (κ3) is 7.89. The lowest BCUT2D eigenvalue weighted by Gasteiger charge is -2.37. The van der Waals surface area contributed by atoms with E-state index in [1.54, 1.807) is 56.6 Å². The van der Waals surface area contributed by atoms with Crippen molar-refractivity contribution in [2.45, 2.75) is 44.2 Å². The molecule has 3 aromatic carbocycles. The largest absolute Gasteiger partial charge is 0.497 e. The number of rotatable bonds is 10. The Morgan fingerprint density at radius 3 is 2.11 bits per heavy atom. The van der Waals surface area contributed by atoms with Crippen molar-refractivity contribution in [2.75, 3.05) is 57.7 Å². The van der Waals surface area contributed by atoms with Gasteiger partial charge < -0.3 is 40.4 Å². The summed E-state index contributed by atoms with van der Waals surface area (Å²) in [5.41, 5.74) is 9.22. The lowest BCUT2D eigenvalue weighted by molar-refractivity contribution is -0.115. The number of benzene rings is 3. The van der Waals surface area contributed by atoms with Gasteiger partial charge in [0, 0.05) is 49.4 Å². The van der Waals surface area contributed by atoms with E-state index in [9.17, 15) is 14.4 Å². The Balaban J connectivity index is 1.31. The Hall–Kier alpha value is -4.77. The van der Waals surface area contributed by atoms with Gasteiger partial charge in [-0.25, -0.2) is 0 Å². The van der Waals surface area contributed by atoms with E-state index in [2.05, 4.69) is 15.5 Å². The van der Waals surface area contributed by atoms with Gasteiger partial charge in [-0.05, 0) is 79.8 Å². The first-order valence-corrected chi connectivity index (χ1v) is 15.7. The lowest BCUT2D eigenvalue weighted by Crippen LogP contribution is -2.49. The van der Waals surface area contributed by atoms with Crippen molar-refractivity contribution in [1.82, 2.24) is 10.2 Å². The average Bonchev–Trinajstić information content (AvgIpc) is 3.09. The Kier molecular flexibility index (Phi) is 10.6. The molecule has 11 heteroatoms. The summed E-state index contributed by atoms with van der Waals surface area (Å²) < 4.78 is 15.9. The van der Waals surface area contributed by atoms with Gasteiger partial charge in [-0.1, -0.05) is 12.1 Å². The first kappa shape index (κ1) is 32.6. The Bertz CT molecular complexity index is 1530. The minimum absolute atomic E-state index is 0.0800. The summed E-state index contributed by atoms with van der Waals surface area (Å²) in [7, 11) is 4.70. The van der Waals surface area contributed by atoms with Crippen LogP contribution < -0.4 is 35.5 Å². The van der Waals surface area contributed by atoms with Gasteiger partial charge in [-0.2, -0.15) is 0 Å². The number of anilines is 2. The third-order valence-corrected chi connectivity index (χ3v) is 8.70. The molecular formula is C35H43N5O6. The highest BCUT2D eigenvalue weighted by molar-refractivity contribution is 6.00. The molecule has 5 rings (SSSR count). The highest BCUT2D eigenvalue weighted by Crippen LogP contribution is 2.31. The monoisotopic (exact) mass is 629 g/mol. The van der Waals surface area contributed by atoms with Crippen LogP contribution in [-0.4, -0.2) is 82.2 Å². The molecule has 46 heavy (non-hydrogen) atoms. The van der Waals surface area contributed by atoms with E-state index in [-0.39, 0.29) is 36.2 Å². The number of carbonyl (C=O) groups is 3. The molecule has 0 unspecified atom stereocenters. The van der Waals surface area contributed by atoms with Crippen molar-refractivity contribution in [2.24, 2.45) is 5.73 Å². The zero-order chi connectivity index (χ0) is 32.6. The maximum Gasteiger partial charge on any atom is 0.254 e. The van der Waals surface area contributed by atoms with Crippen LogP contribution in [0.2, 0.25) is 0 Å².